The van der Waals surface area contributed by atoms with Gasteiger partial charge < -0.3 is 14.8 Å². The first-order valence-electron chi connectivity index (χ1n) is 10.7. The molecule has 8 heteroatoms. The van der Waals surface area contributed by atoms with Crippen LogP contribution in [0.1, 0.15) is 37.6 Å². The van der Waals surface area contributed by atoms with Crippen LogP contribution in [0.5, 0.6) is 5.75 Å². The molecule has 0 atom stereocenters. The van der Waals surface area contributed by atoms with Gasteiger partial charge in [-0.1, -0.05) is 18.2 Å². The van der Waals surface area contributed by atoms with Gasteiger partial charge in [0.05, 0.1) is 24.9 Å². The van der Waals surface area contributed by atoms with Crippen LogP contribution in [0.15, 0.2) is 67.0 Å². The van der Waals surface area contributed by atoms with Crippen molar-refractivity contribution in [3.8, 4) is 16.9 Å². The molecule has 0 saturated heterocycles. The minimum absolute atomic E-state index is 0.286. The van der Waals surface area contributed by atoms with Crippen molar-refractivity contribution < 1.29 is 23.9 Å². The van der Waals surface area contributed by atoms with Crippen molar-refractivity contribution in [3.63, 3.8) is 0 Å². The Morgan fingerprint density at radius 3 is 2.29 bits per heavy atom. The van der Waals surface area contributed by atoms with Crippen LogP contribution in [-0.2, 0) is 9.53 Å². The fourth-order valence-corrected chi connectivity index (χ4v) is 3.14. The van der Waals surface area contributed by atoms with Crippen LogP contribution in [-0.4, -0.2) is 35.5 Å². The number of hydrogen-bond acceptors (Lipinski definition) is 6. The molecule has 0 bridgehead atoms. The standard InChI is InChI=1S/C26H27N3O5/c1-26(2,3)34-25(32)29-21-9-8-20(33-4)15-22(21)28-24(31)16-23(30)19-7-5-6-18(14-19)17-10-12-27-13-11-17/h5-15H,16H2,1-4H3,(H,28,31)(H,29,32). The fourth-order valence-electron chi connectivity index (χ4n) is 3.14. The zero-order chi connectivity index (χ0) is 24.7. The number of aromatic nitrogens is 1. The number of Topliss-reactive ketones (excluding diaryl/α,β-unsaturated/α-hetero) is 1. The molecule has 3 aromatic rings. The second-order valence-electron chi connectivity index (χ2n) is 8.50. The highest BCUT2D eigenvalue weighted by atomic mass is 16.6. The summed E-state index contributed by atoms with van der Waals surface area (Å²) in [5, 5.41) is 5.30. The molecular formula is C26H27N3O5. The Labute approximate surface area is 198 Å². The van der Waals surface area contributed by atoms with Crippen molar-refractivity contribution in [1.29, 1.82) is 0 Å². The molecule has 0 radical (unpaired) electrons. The van der Waals surface area contributed by atoms with Gasteiger partial charge in [-0.3, -0.25) is 19.9 Å². The van der Waals surface area contributed by atoms with Crippen molar-refractivity contribution in [1.82, 2.24) is 4.98 Å². The number of ether oxygens (including phenoxy) is 2. The molecule has 0 aliphatic rings. The largest absolute Gasteiger partial charge is 0.497 e. The average Bonchev–Trinajstić information content (AvgIpc) is 2.79. The third-order valence-corrected chi connectivity index (χ3v) is 4.66. The van der Waals surface area contributed by atoms with Gasteiger partial charge in [0, 0.05) is 24.0 Å². The van der Waals surface area contributed by atoms with Gasteiger partial charge in [0.1, 0.15) is 11.4 Å². The van der Waals surface area contributed by atoms with Crippen molar-refractivity contribution in [2.45, 2.75) is 32.8 Å². The second kappa shape index (κ2) is 10.6. The highest BCUT2D eigenvalue weighted by molar-refractivity contribution is 6.12. The molecule has 1 aromatic heterocycles. The summed E-state index contributed by atoms with van der Waals surface area (Å²) in [4.78, 5) is 41.7. The number of rotatable bonds is 7. The topological polar surface area (TPSA) is 107 Å². The minimum Gasteiger partial charge on any atom is -0.497 e. The Kier molecular flexibility index (Phi) is 7.63. The number of carbonyl (C=O) groups is 3. The summed E-state index contributed by atoms with van der Waals surface area (Å²) < 4.78 is 10.5. The van der Waals surface area contributed by atoms with Gasteiger partial charge in [-0.2, -0.15) is 0 Å². The Balaban J connectivity index is 1.73. The number of nitrogens with one attached hydrogen (secondary N) is 2. The van der Waals surface area contributed by atoms with Crippen LogP contribution in [0.4, 0.5) is 16.2 Å². The molecule has 2 amide bonds. The normalized spacial score (nSPS) is 10.8. The van der Waals surface area contributed by atoms with Crippen LogP contribution in [0.2, 0.25) is 0 Å². The van der Waals surface area contributed by atoms with E-state index in [-0.39, 0.29) is 17.9 Å². The molecular weight excluding hydrogens is 434 g/mol. The maximum Gasteiger partial charge on any atom is 0.412 e. The highest BCUT2D eigenvalue weighted by Gasteiger charge is 2.19. The predicted molar refractivity (Wildman–Crippen MR) is 130 cm³/mol. The molecule has 1 heterocycles. The van der Waals surface area contributed by atoms with E-state index in [4.69, 9.17) is 9.47 Å². The van der Waals surface area contributed by atoms with Gasteiger partial charge >= 0.3 is 6.09 Å². The maximum atomic E-state index is 12.8. The molecule has 0 aliphatic heterocycles. The van der Waals surface area contributed by atoms with Gasteiger partial charge in [0.25, 0.3) is 0 Å². The zero-order valence-electron chi connectivity index (χ0n) is 19.5. The fraction of sp³-hybridized carbons (Fsp3) is 0.231. The minimum atomic E-state index is -0.683. The molecule has 2 N–H and O–H groups in total. The SMILES string of the molecule is COc1ccc(NC(=O)OC(C)(C)C)c(NC(=O)CC(=O)c2cccc(-c3ccncc3)c2)c1. The lowest BCUT2D eigenvalue weighted by atomic mass is 10.0. The maximum absolute atomic E-state index is 12.8. The third-order valence-electron chi connectivity index (χ3n) is 4.66. The van der Waals surface area contributed by atoms with Gasteiger partial charge in [-0.25, -0.2) is 4.79 Å². The summed E-state index contributed by atoms with van der Waals surface area (Å²) >= 11 is 0. The molecule has 0 spiro atoms. The van der Waals surface area contributed by atoms with Gasteiger partial charge in [-0.05, 0) is 62.2 Å². The van der Waals surface area contributed by atoms with Crippen LogP contribution >= 0.6 is 0 Å². The number of methoxy groups -OCH3 is 1. The van der Waals surface area contributed by atoms with Crippen LogP contribution in [0.3, 0.4) is 0 Å². The summed E-state index contributed by atoms with van der Waals surface area (Å²) in [5.41, 5.74) is 2.11. The number of amides is 2. The number of nitrogens with zero attached hydrogens (tertiary/aromatic N) is 1. The van der Waals surface area contributed by atoms with E-state index in [1.807, 2.05) is 18.2 Å². The Morgan fingerprint density at radius 2 is 1.62 bits per heavy atom. The van der Waals surface area contributed by atoms with E-state index in [1.54, 1.807) is 69.6 Å². The molecule has 0 unspecified atom stereocenters. The summed E-state index contributed by atoms with van der Waals surface area (Å²) in [6, 6.07) is 15.5. The first-order chi connectivity index (χ1) is 16.1. The lowest BCUT2D eigenvalue weighted by Crippen LogP contribution is -2.27. The van der Waals surface area contributed by atoms with Crippen molar-refractivity contribution >= 4 is 29.2 Å². The Bertz CT molecular complexity index is 1190. The molecule has 8 nitrogen and oxygen atoms in total. The Morgan fingerprint density at radius 1 is 0.882 bits per heavy atom. The highest BCUT2D eigenvalue weighted by Crippen LogP contribution is 2.28. The van der Waals surface area contributed by atoms with E-state index < -0.39 is 17.6 Å². The van der Waals surface area contributed by atoms with Crippen LogP contribution in [0.25, 0.3) is 11.1 Å². The number of pyridine rings is 1. The number of carbonyl (C=O) groups excluding carboxylic acids is 3. The van der Waals surface area contributed by atoms with Gasteiger partial charge in [0.2, 0.25) is 5.91 Å². The first kappa shape index (κ1) is 24.4. The van der Waals surface area contributed by atoms with E-state index in [9.17, 15) is 14.4 Å². The molecule has 0 saturated carbocycles. The molecule has 0 aliphatic carbocycles. The lowest BCUT2D eigenvalue weighted by Gasteiger charge is -2.20. The van der Waals surface area contributed by atoms with E-state index in [2.05, 4.69) is 15.6 Å². The van der Waals surface area contributed by atoms with Crippen molar-refractivity contribution in [3.05, 3.63) is 72.6 Å². The summed E-state index contributed by atoms with van der Waals surface area (Å²) in [7, 11) is 1.49. The van der Waals surface area contributed by atoms with E-state index in [0.717, 1.165) is 11.1 Å². The molecule has 34 heavy (non-hydrogen) atoms. The number of hydrogen-bond donors (Lipinski definition) is 2. The van der Waals surface area contributed by atoms with Crippen molar-refractivity contribution in [2.75, 3.05) is 17.7 Å². The molecule has 0 fully saturated rings. The van der Waals surface area contributed by atoms with Crippen molar-refractivity contribution in [2.24, 2.45) is 0 Å². The first-order valence-corrected chi connectivity index (χ1v) is 10.7. The quantitative estimate of drug-likeness (QED) is 0.364. The molecule has 3 rings (SSSR count). The number of anilines is 2. The summed E-state index contributed by atoms with van der Waals surface area (Å²) in [6.45, 7) is 5.25. The van der Waals surface area contributed by atoms with E-state index in [1.165, 1.54) is 7.11 Å². The zero-order valence-corrected chi connectivity index (χ0v) is 19.5. The summed E-state index contributed by atoms with van der Waals surface area (Å²) in [6.07, 6.45) is 2.31. The Hall–Kier alpha value is -4.20. The lowest BCUT2D eigenvalue weighted by molar-refractivity contribution is -0.115. The second-order valence-corrected chi connectivity index (χ2v) is 8.50. The predicted octanol–water partition coefficient (Wildman–Crippen LogP) is 5.32. The third kappa shape index (κ3) is 6.90. The number of ketones is 1. The van der Waals surface area contributed by atoms with Crippen LogP contribution in [0, 0.1) is 0 Å². The van der Waals surface area contributed by atoms with Crippen LogP contribution < -0.4 is 15.4 Å². The molecule has 176 valence electrons. The van der Waals surface area contributed by atoms with Gasteiger partial charge in [-0.15, -0.1) is 0 Å². The van der Waals surface area contributed by atoms with Gasteiger partial charge in [0.15, 0.2) is 5.78 Å². The monoisotopic (exact) mass is 461 g/mol. The smallest absolute Gasteiger partial charge is 0.412 e. The number of benzene rings is 2. The molecule has 2 aromatic carbocycles. The van der Waals surface area contributed by atoms with E-state index in [0.29, 0.717) is 17.0 Å². The average molecular weight is 462 g/mol. The summed E-state index contributed by atoms with van der Waals surface area (Å²) in [5.74, 6) is -0.390. The van der Waals surface area contributed by atoms with E-state index >= 15 is 0 Å².